The van der Waals surface area contributed by atoms with E-state index >= 15 is 0 Å². The molecule has 26 heavy (non-hydrogen) atoms. The normalized spacial score (nSPS) is 15.6. The highest BCUT2D eigenvalue weighted by molar-refractivity contribution is 7.16. The summed E-state index contributed by atoms with van der Waals surface area (Å²) >= 11 is 6.79. The van der Waals surface area contributed by atoms with Crippen molar-refractivity contribution in [1.82, 2.24) is 5.32 Å². The highest BCUT2D eigenvalue weighted by Crippen LogP contribution is 2.35. The number of carbonyl (C=O) groups excluding carboxylic acids is 3. The smallest absolute Gasteiger partial charge is 0.351 e. The van der Waals surface area contributed by atoms with Crippen molar-refractivity contribution in [3.8, 4) is 6.26 Å². The summed E-state index contributed by atoms with van der Waals surface area (Å²) in [5.74, 6) is -1.36. The second-order valence-electron chi connectivity index (χ2n) is 5.34. The molecule has 10 heteroatoms. The van der Waals surface area contributed by atoms with Crippen LogP contribution in [-0.2, 0) is 11.2 Å². The van der Waals surface area contributed by atoms with E-state index in [0.29, 0.717) is 5.02 Å². The van der Waals surface area contributed by atoms with Crippen molar-refractivity contribution in [3.05, 3.63) is 50.7 Å². The van der Waals surface area contributed by atoms with Crippen molar-refractivity contribution in [2.45, 2.75) is 12.6 Å². The van der Waals surface area contributed by atoms with Crippen LogP contribution in [0.1, 0.15) is 24.9 Å². The minimum Gasteiger partial charge on any atom is -0.351 e. The van der Waals surface area contributed by atoms with Crippen LogP contribution in [0.2, 0.25) is 5.02 Å². The van der Waals surface area contributed by atoms with Gasteiger partial charge in [-0.3, -0.25) is 9.69 Å². The molecule has 2 aromatic rings. The fourth-order valence-electron chi connectivity index (χ4n) is 2.67. The average molecular weight is 391 g/mol. The first-order chi connectivity index (χ1) is 12.4. The van der Waals surface area contributed by atoms with Crippen molar-refractivity contribution in [1.29, 1.82) is 5.26 Å². The van der Waals surface area contributed by atoms with Gasteiger partial charge in [0.15, 0.2) is 0 Å². The maximum Gasteiger partial charge on any atom is 0.363 e. The lowest BCUT2D eigenvalue weighted by Gasteiger charge is -2.34. The van der Waals surface area contributed by atoms with Crippen LogP contribution in [-0.4, -0.2) is 24.1 Å². The monoisotopic (exact) mass is 390 g/mol. The topological polar surface area (TPSA) is 126 Å². The maximum absolute atomic E-state index is 12.4. The Morgan fingerprint density at radius 2 is 2.19 bits per heavy atom. The SMILES string of the molecule is N#COC(=O)c1cc2c(s1)C(=O)NC(Cc1cccc(Cl)c1)N2C(N)=O. The number of thiophene rings is 1. The summed E-state index contributed by atoms with van der Waals surface area (Å²) in [5.41, 5.74) is 6.48. The van der Waals surface area contributed by atoms with Crippen molar-refractivity contribution in [2.24, 2.45) is 5.73 Å². The number of primary amides is 1. The van der Waals surface area contributed by atoms with Gasteiger partial charge in [-0.2, -0.15) is 0 Å². The second-order valence-corrected chi connectivity index (χ2v) is 6.83. The minimum atomic E-state index is -0.907. The van der Waals surface area contributed by atoms with Crippen LogP contribution in [0, 0.1) is 11.5 Å². The van der Waals surface area contributed by atoms with E-state index < -0.39 is 24.1 Å². The lowest BCUT2D eigenvalue weighted by molar-refractivity contribution is 0.0690. The Morgan fingerprint density at radius 3 is 2.85 bits per heavy atom. The van der Waals surface area contributed by atoms with Gasteiger partial charge < -0.3 is 15.8 Å². The summed E-state index contributed by atoms with van der Waals surface area (Å²) < 4.78 is 4.27. The number of hydrogen-bond donors (Lipinski definition) is 2. The van der Waals surface area contributed by atoms with Gasteiger partial charge >= 0.3 is 12.0 Å². The zero-order chi connectivity index (χ0) is 18.8. The molecule has 3 N–H and O–H groups in total. The molecule has 1 aliphatic heterocycles. The quantitative estimate of drug-likeness (QED) is 0.614. The number of urea groups is 1. The average Bonchev–Trinajstić information content (AvgIpc) is 3.00. The summed E-state index contributed by atoms with van der Waals surface area (Å²) in [6.45, 7) is 0. The molecule has 0 radical (unpaired) electrons. The molecule has 0 fully saturated rings. The molecule has 1 aliphatic rings. The summed E-state index contributed by atoms with van der Waals surface area (Å²) in [4.78, 5) is 37.5. The fourth-order valence-corrected chi connectivity index (χ4v) is 3.81. The van der Waals surface area contributed by atoms with Crippen molar-refractivity contribution >= 4 is 46.5 Å². The van der Waals surface area contributed by atoms with Gasteiger partial charge in [-0.15, -0.1) is 16.6 Å². The summed E-state index contributed by atoms with van der Waals surface area (Å²) in [6, 6.07) is 7.50. The first-order valence-corrected chi connectivity index (χ1v) is 8.48. The number of ether oxygens (including phenoxy) is 1. The maximum atomic E-state index is 12.4. The summed E-state index contributed by atoms with van der Waals surface area (Å²) in [6.07, 6.45) is 0.794. The molecule has 3 rings (SSSR count). The number of nitrogens with one attached hydrogen (secondary N) is 1. The number of hydrogen-bond acceptors (Lipinski definition) is 6. The third kappa shape index (κ3) is 3.33. The molecule has 1 atom stereocenters. The number of carbonyl (C=O) groups is 3. The molecule has 1 aromatic heterocycles. The number of rotatable bonds is 3. The standard InChI is InChI=1S/C16H11ClN4O4S/c17-9-3-1-2-8(4-9)5-12-20-14(22)13-10(21(12)16(19)24)6-11(26-13)15(23)25-7-18/h1-4,6,12H,5H2,(H2,19,24)(H,20,22). The van der Waals surface area contributed by atoms with E-state index in [0.717, 1.165) is 16.9 Å². The number of nitrogens with two attached hydrogens (primary N) is 1. The van der Waals surface area contributed by atoms with Crippen LogP contribution in [0.25, 0.3) is 0 Å². The molecule has 8 nitrogen and oxygen atoms in total. The van der Waals surface area contributed by atoms with Gasteiger partial charge in [0.05, 0.1) is 5.69 Å². The zero-order valence-electron chi connectivity index (χ0n) is 13.1. The number of nitriles is 1. The van der Waals surface area contributed by atoms with Crippen molar-refractivity contribution < 1.29 is 19.1 Å². The lowest BCUT2D eigenvalue weighted by Crippen LogP contribution is -2.57. The molecular formula is C16H11ClN4O4S. The Kier molecular flexibility index (Phi) is 4.79. The first kappa shape index (κ1) is 17.7. The van der Waals surface area contributed by atoms with E-state index in [4.69, 9.17) is 22.6 Å². The molecule has 0 saturated heterocycles. The minimum absolute atomic E-state index is 0.0151. The summed E-state index contributed by atoms with van der Waals surface area (Å²) in [5, 5.41) is 11.7. The molecule has 132 valence electrons. The van der Waals surface area contributed by atoms with E-state index in [-0.39, 0.29) is 21.9 Å². The van der Waals surface area contributed by atoms with Gasteiger partial charge in [-0.25, -0.2) is 9.59 Å². The molecule has 0 spiro atoms. The van der Waals surface area contributed by atoms with Gasteiger partial charge in [0.25, 0.3) is 12.2 Å². The van der Waals surface area contributed by atoms with Crippen LogP contribution in [0.15, 0.2) is 30.3 Å². The van der Waals surface area contributed by atoms with E-state index in [1.54, 1.807) is 24.3 Å². The first-order valence-electron chi connectivity index (χ1n) is 7.28. The number of nitrogens with zero attached hydrogens (tertiary/aromatic N) is 2. The molecular weight excluding hydrogens is 380 g/mol. The van der Waals surface area contributed by atoms with Crippen LogP contribution in [0.3, 0.4) is 0 Å². The number of fused-ring (bicyclic) bond motifs is 1. The summed E-state index contributed by atoms with van der Waals surface area (Å²) in [7, 11) is 0. The highest BCUT2D eigenvalue weighted by atomic mass is 35.5. The molecule has 0 aliphatic carbocycles. The largest absolute Gasteiger partial charge is 0.363 e. The molecule has 3 amide bonds. The Labute approximate surface area is 156 Å². The van der Waals surface area contributed by atoms with Crippen molar-refractivity contribution in [3.63, 3.8) is 0 Å². The van der Waals surface area contributed by atoms with E-state index in [2.05, 4.69) is 10.1 Å². The number of benzene rings is 1. The van der Waals surface area contributed by atoms with Gasteiger partial charge in [-0.05, 0) is 23.8 Å². The van der Waals surface area contributed by atoms with Crippen molar-refractivity contribution in [2.75, 3.05) is 4.90 Å². The van der Waals surface area contributed by atoms with E-state index in [9.17, 15) is 14.4 Å². The molecule has 0 bridgehead atoms. The number of esters is 1. The Hall–Kier alpha value is -3.09. The lowest BCUT2D eigenvalue weighted by atomic mass is 10.1. The van der Waals surface area contributed by atoms with Crippen LogP contribution in [0.4, 0.5) is 10.5 Å². The van der Waals surface area contributed by atoms with Gasteiger partial charge in [-0.1, -0.05) is 23.7 Å². The highest BCUT2D eigenvalue weighted by Gasteiger charge is 2.37. The number of anilines is 1. The molecule has 0 saturated carbocycles. The molecule has 2 heterocycles. The number of amides is 3. The van der Waals surface area contributed by atoms with Gasteiger partial charge in [0.2, 0.25) is 0 Å². The van der Waals surface area contributed by atoms with E-state index in [1.165, 1.54) is 17.2 Å². The third-order valence-electron chi connectivity index (χ3n) is 3.68. The second kappa shape index (κ2) is 7.03. The number of halogens is 1. The fraction of sp³-hybridized carbons (Fsp3) is 0.125. The van der Waals surface area contributed by atoms with Gasteiger partial charge in [0, 0.05) is 11.4 Å². The molecule has 1 aromatic carbocycles. The van der Waals surface area contributed by atoms with E-state index in [1.807, 2.05) is 0 Å². The van der Waals surface area contributed by atoms with Crippen LogP contribution >= 0.6 is 22.9 Å². The van der Waals surface area contributed by atoms with Crippen LogP contribution < -0.4 is 16.0 Å². The predicted octanol–water partition coefficient (Wildman–Crippen LogP) is 2.24. The zero-order valence-corrected chi connectivity index (χ0v) is 14.6. The Bertz CT molecular complexity index is 952. The third-order valence-corrected chi connectivity index (χ3v) is 5.02. The Balaban J connectivity index is 1.98. The van der Waals surface area contributed by atoms with Gasteiger partial charge in [0.1, 0.15) is 15.9 Å². The molecule has 1 unspecified atom stereocenters. The van der Waals surface area contributed by atoms with Crippen LogP contribution in [0.5, 0.6) is 0 Å². The predicted molar refractivity (Wildman–Crippen MR) is 93.8 cm³/mol. The Morgan fingerprint density at radius 1 is 1.42 bits per heavy atom.